The molecule has 0 atom stereocenters. The summed E-state index contributed by atoms with van der Waals surface area (Å²) in [5.74, 6) is 0. The smallest absolute Gasteiger partial charge is 0.0594 e. The molecule has 1 aliphatic heterocycles. The van der Waals surface area contributed by atoms with Crippen LogP contribution in [0.15, 0.2) is 0 Å². The van der Waals surface area contributed by atoms with E-state index in [4.69, 9.17) is 4.74 Å². The molecule has 0 spiro atoms. The average molecular weight is 187 g/mol. The van der Waals surface area contributed by atoms with Crippen molar-refractivity contribution in [2.75, 3.05) is 32.8 Å². The summed E-state index contributed by atoms with van der Waals surface area (Å²) in [5.41, 5.74) is 0. The molecule has 0 amide bonds. The summed E-state index contributed by atoms with van der Waals surface area (Å²) in [7, 11) is 0. The Morgan fingerprint density at radius 1 is 0.923 bits per heavy atom. The maximum Gasteiger partial charge on any atom is 0.0594 e. The van der Waals surface area contributed by atoms with Crippen molar-refractivity contribution in [1.82, 2.24) is 4.90 Å². The van der Waals surface area contributed by atoms with Crippen molar-refractivity contribution in [3.05, 3.63) is 0 Å². The van der Waals surface area contributed by atoms with Gasteiger partial charge in [-0.15, -0.1) is 0 Å². The Morgan fingerprint density at radius 3 is 1.85 bits per heavy atom. The minimum atomic E-state index is 0.931. The van der Waals surface area contributed by atoms with Crippen LogP contribution >= 0.6 is 0 Å². The SMILES string of the molecule is CCCC.CCCN1CCOCC1. The van der Waals surface area contributed by atoms with E-state index >= 15 is 0 Å². The molecule has 1 saturated heterocycles. The first-order valence-corrected chi connectivity index (χ1v) is 5.65. The molecule has 1 heterocycles. The first-order chi connectivity index (χ1) is 6.35. The van der Waals surface area contributed by atoms with Crippen LogP contribution < -0.4 is 0 Å². The molecule has 0 aromatic heterocycles. The summed E-state index contributed by atoms with van der Waals surface area (Å²) in [6.07, 6.45) is 3.90. The summed E-state index contributed by atoms with van der Waals surface area (Å²) >= 11 is 0. The lowest BCUT2D eigenvalue weighted by molar-refractivity contribution is 0.0380. The standard InChI is InChI=1S/C7H15NO.C4H10/c1-2-3-8-4-6-9-7-5-8;1-3-4-2/h2-7H2,1H3;3-4H2,1-2H3. The number of rotatable bonds is 3. The van der Waals surface area contributed by atoms with E-state index in [1.165, 1.54) is 25.8 Å². The van der Waals surface area contributed by atoms with Gasteiger partial charge in [-0.25, -0.2) is 0 Å². The highest BCUT2D eigenvalue weighted by Crippen LogP contribution is 1.96. The Labute approximate surface area is 83.3 Å². The lowest BCUT2D eigenvalue weighted by Gasteiger charge is -2.25. The van der Waals surface area contributed by atoms with E-state index in [0.717, 1.165) is 26.3 Å². The quantitative estimate of drug-likeness (QED) is 0.673. The van der Waals surface area contributed by atoms with Gasteiger partial charge in [-0.05, 0) is 13.0 Å². The van der Waals surface area contributed by atoms with Crippen LogP contribution in [0.2, 0.25) is 0 Å². The second-order valence-electron chi connectivity index (χ2n) is 3.45. The number of hydrogen-bond acceptors (Lipinski definition) is 2. The molecule has 0 unspecified atom stereocenters. The number of nitrogens with zero attached hydrogens (tertiary/aromatic N) is 1. The first kappa shape index (κ1) is 12.9. The van der Waals surface area contributed by atoms with Gasteiger partial charge in [0.25, 0.3) is 0 Å². The van der Waals surface area contributed by atoms with E-state index in [2.05, 4.69) is 25.7 Å². The van der Waals surface area contributed by atoms with E-state index in [1.807, 2.05) is 0 Å². The molecular weight excluding hydrogens is 162 g/mol. The van der Waals surface area contributed by atoms with E-state index < -0.39 is 0 Å². The molecule has 0 saturated carbocycles. The molecule has 0 radical (unpaired) electrons. The molecule has 0 aromatic carbocycles. The fraction of sp³-hybridized carbons (Fsp3) is 1.00. The van der Waals surface area contributed by atoms with Crippen molar-refractivity contribution >= 4 is 0 Å². The van der Waals surface area contributed by atoms with Crippen LogP contribution in [0.5, 0.6) is 0 Å². The first-order valence-electron chi connectivity index (χ1n) is 5.65. The summed E-state index contributed by atoms with van der Waals surface area (Å²) < 4.78 is 5.20. The Bertz CT molecular complexity index is 85.3. The third kappa shape index (κ3) is 8.26. The highest BCUT2D eigenvalue weighted by atomic mass is 16.5. The molecular formula is C11H25NO. The molecule has 0 aromatic rings. The number of unbranched alkanes of at least 4 members (excludes halogenated alkanes) is 1. The van der Waals surface area contributed by atoms with Gasteiger partial charge in [0.15, 0.2) is 0 Å². The predicted molar refractivity (Wildman–Crippen MR) is 58.1 cm³/mol. The van der Waals surface area contributed by atoms with Crippen LogP contribution in [-0.4, -0.2) is 37.7 Å². The van der Waals surface area contributed by atoms with Gasteiger partial charge in [-0.3, -0.25) is 4.90 Å². The van der Waals surface area contributed by atoms with Crippen LogP contribution in [0.1, 0.15) is 40.0 Å². The van der Waals surface area contributed by atoms with Crippen molar-refractivity contribution < 1.29 is 4.74 Å². The van der Waals surface area contributed by atoms with Crippen molar-refractivity contribution in [2.24, 2.45) is 0 Å². The topological polar surface area (TPSA) is 12.5 Å². The van der Waals surface area contributed by atoms with Crippen molar-refractivity contribution in [1.29, 1.82) is 0 Å². The molecule has 0 N–H and O–H groups in total. The van der Waals surface area contributed by atoms with Gasteiger partial charge in [0.05, 0.1) is 13.2 Å². The highest BCUT2D eigenvalue weighted by molar-refractivity contribution is 4.59. The van der Waals surface area contributed by atoms with Crippen molar-refractivity contribution in [3.63, 3.8) is 0 Å². The van der Waals surface area contributed by atoms with Crippen LogP contribution in [0.4, 0.5) is 0 Å². The summed E-state index contributed by atoms with van der Waals surface area (Å²) in [5, 5.41) is 0. The zero-order valence-corrected chi connectivity index (χ0v) is 9.51. The van der Waals surface area contributed by atoms with Gasteiger partial charge in [0, 0.05) is 13.1 Å². The van der Waals surface area contributed by atoms with E-state index in [9.17, 15) is 0 Å². The maximum absolute atomic E-state index is 5.20. The van der Waals surface area contributed by atoms with Crippen molar-refractivity contribution in [3.8, 4) is 0 Å². The summed E-state index contributed by atoms with van der Waals surface area (Å²) in [6, 6.07) is 0. The lowest BCUT2D eigenvalue weighted by atomic mass is 10.4. The molecule has 2 nitrogen and oxygen atoms in total. The molecule has 0 bridgehead atoms. The molecule has 80 valence electrons. The summed E-state index contributed by atoms with van der Waals surface area (Å²) in [4.78, 5) is 2.45. The van der Waals surface area contributed by atoms with Gasteiger partial charge in [-0.1, -0.05) is 33.6 Å². The van der Waals surface area contributed by atoms with Crippen LogP contribution in [0.3, 0.4) is 0 Å². The molecule has 1 aliphatic rings. The van der Waals surface area contributed by atoms with E-state index in [1.54, 1.807) is 0 Å². The summed E-state index contributed by atoms with van der Waals surface area (Å²) in [6.45, 7) is 11.9. The second kappa shape index (κ2) is 10.0. The monoisotopic (exact) mass is 187 g/mol. The Kier molecular flexibility index (Phi) is 9.94. The predicted octanol–water partition coefficient (Wildman–Crippen LogP) is 2.54. The molecule has 1 fully saturated rings. The Hall–Kier alpha value is -0.0800. The van der Waals surface area contributed by atoms with Crippen LogP contribution in [-0.2, 0) is 4.74 Å². The second-order valence-corrected chi connectivity index (χ2v) is 3.45. The highest BCUT2D eigenvalue weighted by Gasteiger charge is 2.07. The average Bonchev–Trinajstić information content (AvgIpc) is 2.20. The minimum absolute atomic E-state index is 0.931. The fourth-order valence-electron chi connectivity index (χ4n) is 1.14. The number of ether oxygens (including phenoxy) is 1. The molecule has 0 aliphatic carbocycles. The largest absolute Gasteiger partial charge is 0.379 e. The minimum Gasteiger partial charge on any atom is -0.379 e. The Morgan fingerprint density at radius 2 is 1.46 bits per heavy atom. The van der Waals surface area contributed by atoms with Crippen LogP contribution in [0.25, 0.3) is 0 Å². The van der Waals surface area contributed by atoms with Crippen molar-refractivity contribution in [2.45, 2.75) is 40.0 Å². The van der Waals surface area contributed by atoms with E-state index in [-0.39, 0.29) is 0 Å². The normalized spacial score (nSPS) is 17.8. The Balaban J connectivity index is 0.000000310. The lowest BCUT2D eigenvalue weighted by Crippen LogP contribution is -2.36. The van der Waals surface area contributed by atoms with Gasteiger partial charge in [0.2, 0.25) is 0 Å². The van der Waals surface area contributed by atoms with Gasteiger partial charge < -0.3 is 4.74 Å². The fourth-order valence-corrected chi connectivity index (χ4v) is 1.14. The van der Waals surface area contributed by atoms with Gasteiger partial charge in [-0.2, -0.15) is 0 Å². The number of morpholine rings is 1. The third-order valence-corrected chi connectivity index (χ3v) is 2.14. The zero-order valence-electron chi connectivity index (χ0n) is 9.51. The molecule has 1 rings (SSSR count). The number of hydrogen-bond donors (Lipinski definition) is 0. The van der Waals surface area contributed by atoms with Crippen LogP contribution in [0, 0.1) is 0 Å². The molecule has 13 heavy (non-hydrogen) atoms. The van der Waals surface area contributed by atoms with Gasteiger partial charge in [0.1, 0.15) is 0 Å². The van der Waals surface area contributed by atoms with Gasteiger partial charge >= 0.3 is 0 Å². The maximum atomic E-state index is 5.20. The third-order valence-electron chi connectivity index (χ3n) is 2.14. The zero-order chi connectivity index (χ0) is 9.94. The van der Waals surface area contributed by atoms with E-state index in [0.29, 0.717) is 0 Å². The molecule has 2 heteroatoms.